The predicted octanol–water partition coefficient (Wildman–Crippen LogP) is 4.13. The van der Waals surface area contributed by atoms with E-state index in [2.05, 4.69) is 0 Å². The summed E-state index contributed by atoms with van der Waals surface area (Å²) in [6.07, 6.45) is 0. The number of methoxy groups -OCH3 is 1. The van der Waals surface area contributed by atoms with Crippen LogP contribution in [0.4, 0.5) is 11.4 Å². The second-order valence-corrected chi connectivity index (χ2v) is 7.74. The number of ether oxygens (including phenoxy) is 1. The van der Waals surface area contributed by atoms with E-state index in [0.29, 0.717) is 22.2 Å². The molecule has 3 aromatic rings. The van der Waals surface area contributed by atoms with E-state index >= 15 is 0 Å². The van der Waals surface area contributed by atoms with Crippen molar-refractivity contribution in [2.45, 2.75) is 6.04 Å². The van der Waals surface area contributed by atoms with Crippen molar-refractivity contribution in [3.05, 3.63) is 89.4 Å². The molecule has 0 unspecified atom stereocenters. The highest BCUT2D eigenvalue weighted by molar-refractivity contribution is 6.35. The lowest BCUT2D eigenvalue weighted by atomic mass is 9.93. The molecule has 2 heterocycles. The molecule has 0 N–H and O–H groups in total. The topological polar surface area (TPSA) is 62.2 Å². The maximum absolute atomic E-state index is 13.5. The Morgan fingerprint density at radius 2 is 1.58 bits per heavy atom. The van der Waals surface area contributed by atoms with Gasteiger partial charge in [-0.3, -0.25) is 14.6 Å². The highest BCUT2D eigenvalue weighted by Gasteiger charge is 2.57. The van der Waals surface area contributed by atoms with Crippen LogP contribution in [-0.4, -0.2) is 30.7 Å². The number of carbonyl (C=O) groups is 2. The molecule has 7 heteroatoms. The van der Waals surface area contributed by atoms with Gasteiger partial charge in [-0.25, -0.2) is 4.90 Å². The number of hydrogen-bond acceptors (Lipinski definition) is 5. The molecule has 2 aliphatic heterocycles. The van der Waals surface area contributed by atoms with E-state index in [0.717, 1.165) is 11.3 Å². The summed E-state index contributed by atoms with van der Waals surface area (Å²) >= 11 is 6.12. The molecule has 5 rings (SSSR count). The van der Waals surface area contributed by atoms with E-state index < -0.39 is 12.0 Å². The van der Waals surface area contributed by atoms with E-state index in [-0.39, 0.29) is 11.8 Å². The van der Waals surface area contributed by atoms with Crippen LogP contribution in [0.2, 0.25) is 5.02 Å². The largest absolute Gasteiger partial charge is 0.497 e. The van der Waals surface area contributed by atoms with Gasteiger partial charge in [-0.1, -0.05) is 35.9 Å². The quantitative estimate of drug-likeness (QED) is 0.583. The van der Waals surface area contributed by atoms with E-state index in [1.54, 1.807) is 36.4 Å². The number of rotatable bonds is 4. The van der Waals surface area contributed by atoms with Gasteiger partial charge in [0.15, 0.2) is 0 Å². The molecule has 6 nitrogen and oxygen atoms in total. The Hall–Kier alpha value is -3.64. The fourth-order valence-electron chi connectivity index (χ4n) is 4.08. The summed E-state index contributed by atoms with van der Waals surface area (Å²) in [4.78, 5) is 28.2. The number of para-hydroxylation sites is 1. The number of hydrazone groups is 1. The van der Waals surface area contributed by atoms with Gasteiger partial charge in [0.25, 0.3) is 5.91 Å². The lowest BCUT2D eigenvalue weighted by Gasteiger charge is -2.22. The molecule has 0 spiro atoms. The average Bonchev–Trinajstić information content (AvgIpc) is 3.31. The Kier molecular flexibility index (Phi) is 4.71. The van der Waals surface area contributed by atoms with Crippen LogP contribution in [-0.2, 0) is 9.59 Å². The Morgan fingerprint density at radius 3 is 2.26 bits per heavy atom. The van der Waals surface area contributed by atoms with E-state index in [1.807, 2.05) is 54.6 Å². The molecule has 0 aromatic heterocycles. The zero-order chi connectivity index (χ0) is 21.5. The molecule has 1 fully saturated rings. The van der Waals surface area contributed by atoms with Crippen molar-refractivity contribution in [1.82, 2.24) is 0 Å². The van der Waals surface area contributed by atoms with Crippen LogP contribution < -0.4 is 14.6 Å². The molecular weight excluding hydrogens is 414 g/mol. The number of carbonyl (C=O) groups excluding carboxylic acids is 2. The van der Waals surface area contributed by atoms with Crippen LogP contribution in [0, 0.1) is 5.92 Å². The summed E-state index contributed by atoms with van der Waals surface area (Å²) in [7, 11) is 1.59. The summed E-state index contributed by atoms with van der Waals surface area (Å²) in [6.45, 7) is 0. The first kappa shape index (κ1) is 19.3. The lowest BCUT2D eigenvalue weighted by Crippen LogP contribution is -2.39. The second-order valence-electron chi connectivity index (χ2n) is 7.31. The van der Waals surface area contributed by atoms with Gasteiger partial charge in [0.1, 0.15) is 17.7 Å². The number of fused-ring (bicyclic) bond motifs is 1. The van der Waals surface area contributed by atoms with Gasteiger partial charge < -0.3 is 4.74 Å². The normalized spacial score (nSPS) is 20.1. The van der Waals surface area contributed by atoms with E-state index in [9.17, 15) is 9.59 Å². The van der Waals surface area contributed by atoms with Gasteiger partial charge in [-0.15, -0.1) is 0 Å². The lowest BCUT2D eigenvalue weighted by molar-refractivity contribution is -0.121. The number of halogens is 1. The monoisotopic (exact) mass is 431 g/mol. The van der Waals surface area contributed by atoms with Crippen LogP contribution in [0.1, 0.15) is 5.56 Å². The molecular formula is C24H18ClN3O3. The summed E-state index contributed by atoms with van der Waals surface area (Å²) in [5, 5.41) is 6.84. The number of benzene rings is 3. The van der Waals surface area contributed by atoms with Crippen molar-refractivity contribution in [3.8, 4) is 5.75 Å². The third-order valence-corrected chi connectivity index (χ3v) is 5.76. The first-order chi connectivity index (χ1) is 15.1. The number of anilines is 2. The third-order valence-electron chi connectivity index (χ3n) is 5.52. The van der Waals surface area contributed by atoms with Gasteiger partial charge in [-0.05, 0) is 60.2 Å². The molecule has 0 radical (unpaired) electrons. The van der Waals surface area contributed by atoms with Gasteiger partial charge in [0.05, 0.1) is 24.2 Å². The number of nitrogens with zero attached hydrogens (tertiary/aromatic N) is 3. The number of imide groups is 1. The van der Waals surface area contributed by atoms with Gasteiger partial charge in [0.2, 0.25) is 5.91 Å². The van der Waals surface area contributed by atoms with Gasteiger partial charge in [0, 0.05) is 5.02 Å². The number of hydrogen-bond donors (Lipinski definition) is 0. The Morgan fingerprint density at radius 1 is 0.871 bits per heavy atom. The third kappa shape index (κ3) is 3.16. The van der Waals surface area contributed by atoms with Crippen LogP contribution in [0.5, 0.6) is 5.75 Å². The molecule has 31 heavy (non-hydrogen) atoms. The summed E-state index contributed by atoms with van der Waals surface area (Å²) in [5.41, 5.74) is 2.52. The Balaban J connectivity index is 1.62. The van der Waals surface area contributed by atoms with E-state index in [1.165, 1.54) is 4.90 Å². The van der Waals surface area contributed by atoms with Crippen molar-refractivity contribution in [3.63, 3.8) is 0 Å². The highest BCUT2D eigenvalue weighted by atomic mass is 35.5. The first-order valence-electron chi connectivity index (χ1n) is 9.79. The maximum Gasteiger partial charge on any atom is 0.259 e. The van der Waals surface area contributed by atoms with Crippen LogP contribution in [0.15, 0.2) is 84.0 Å². The molecule has 2 aliphatic rings. The smallest absolute Gasteiger partial charge is 0.259 e. The standard InChI is InChI=1S/C24H18ClN3O3/c1-31-19-12-10-15(11-13-19)21-20-22(28(26-21)17-7-3-2-4-8-17)24(30)27(23(20)29)18-9-5-6-16(25)14-18/h2-14,20,22H,1H3/t20-,22-/m0/s1. The molecule has 0 bridgehead atoms. The fraction of sp³-hybridized carbons (Fsp3) is 0.125. The molecule has 2 amide bonds. The minimum absolute atomic E-state index is 0.315. The predicted molar refractivity (Wildman–Crippen MR) is 120 cm³/mol. The minimum atomic E-state index is -0.758. The highest BCUT2D eigenvalue weighted by Crippen LogP contribution is 2.39. The van der Waals surface area contributed by atoms with Gasteiger partial charge >= 0.3 is 0 Å². The summed E-state index contributed by atoms with van der Waals surface area (Å²) in [5.74, 6) is -0.660. The van der Waals surface area contributed by atoms with Gasteiger partial charge in [-0.2, -0.15) is 5.10 Å². The Bertz CT molecular complexity index is 1190. The molecule has 0 saturated carbocycles. The van der Waals surface area contributed by atoms with Crippen molar-refractivity contribution in [2.24, 2.45) is 11.0 Å². The zero-order valence-corrected chi connectivity index (χ0v) is 17.4. The molecule has 1 saturated heterocycles. The van der Waals surface area contributed by atoms with Crippen molar-refractivity contribution >= 4 is 40.5 Å². The van der Waals surface area contributed by atoms with Crippen molar-refractivity contribution < 1.29 is 14.3 Å². The molecule has 154 valence electrons. The zero-order valence-electron chi connectivity index (χ0n) is 16.6. The van der Waals surface area contributed by atoms with Crippen LogP contribution >= 0.6 is 11.6 Å². The summed E-state index contributed by atoms with van der Waals surface area (Å²) in [6, 6.07) is 22.7. The molecule has 3 aromatic carbocycles. The Labute approximate surface area is 184 Å². The van der Waals surface area contributed by atoms with Crippen LogP contribution in [0.3, 0.4) is 0 Å². The first-order valence-corrected chi connectivity index (χ1v) is 10.2. The molecule has 0 aliphatic carbocycles. The number of amides is 2. The van der Waals surface area contributed by atoms with Crippen molar-refractivity contribution in [1.29, 1.82) is 0 Å². The second kappa shape index (κ2) is 7.56. The minimum Gasteiger partial charge on any atom is -0.497 e. The van der Waals surface area contributed by atoms with Crippen LogP contribution in [0.25, 0.3) is 0 Å². The average molecular weight is 432 g/mol. The molecule has 2 atom stereocenters. The fourth-order valence-corrected chi connectivity index (χ4v) is 4.26. The maximum atomic E-state index is 13.5. The van der Waals surface area contributed by atoms with E-state index in [4.69, 9.17) is 21.4 Å². The SMILES string of the molecule is COc1ccc(C2=NN(c3ccccc3)[C@@H]3C(=O)N(c4cccc(Cl)c4)C(=O)[C@@H]23)cc1. The van der Waals surface area contributed by atoms with Crippen molar-refractivity contribution in [2.75, 3.05) is 17.0 Å². The summed E-state index contributed by atoms with van der Waals surface area (Å²) < 4.78 is 5.24.